The van der Waals surface area contributed by atoms with Gasteiger partial charge in [-0.05, 0) is 25.2 Å². The van der Waals surface area contributed by atoms with Crippen LogP contribution in [0, 0.1) is 23.2 Å². The summed E-state index contributed by atoms with van der Waals surface area (Å²) in [6, 6.07) is 2.14. The molecule has 0 aliphatic heterocycles. The van der Waals surface area contributed by atoms with Gasteiger partial charge in [0.1, 0.15) is 0 Å². The molecule has 1 saturated carbocycles. The lowest BCUT2D eigenvalue weighted by Gasteiger charge is -2.38. The van der Waals surface area contributed by atoms with Crippen molar-refractivity contribution in [2.24, 2.45) is 23.3 Å². The van der Waals surface area contributed by atoms with Crippen molar-refractivity contribution < 1.29 is 9.59 Å². The molecule has 0 heterocycles. The van der Waals surface area contributed by atoms with E-state index >= 15 is 0 Å². The van der Waals surface area contributed by atoms with E-state index in [1.807, 2.05) is 0 Å². The van der Waals surface area contributed by atoms with Gasteiger partial charge >= 0.3 is 0 Å². The molecule has 6 heteroatoms. The fraction of sp³-hybridized carbons (Fsp3) is 0.750. The Morgan fingerprint density at radius 2 is 1.83 bits per heavy atom. The van der Waals surface area contributed by atoms with Gasteiger partial charge in [0.25, 0.3) is 0 Å². The standard InChI is InChI=1S/C12H20N4O2/c1-8-2-3-9(5-13)10(4-8)16(6-11(14)17)7-12(15)18/h8-10H,2-4,6-7H2,1H3,(H2,14,17)(H2,15,18). The van der Waals surface area contributed by atoms with Gasteiger partial charge in [0.15, 0.2) is 0 Å². The van der Waals surface area contributed by atoms with Crippen LogP contribution in [-0.2, 0) is 9.59 Å². The summed E-state index contributed by atoms with van der Waals surface area (Å²) in [6.07, 6.45) is 2.57. The molecule has 2 amide bonds. The van der Waals surface area contributed by atoms with E-state index in [2.05, 4.69) is 13.0 Å². The van der Waals surface area contributed by atoms with Crippen molar-refractivity contribution in [1.82, 2.24) is 4.90 Å². The molecule has 3 atom stereocenters. The number of carbonyl (C=O) groups excluding carboxylic acids is 2. The van der Waals surface area contributed by atoms with Gasteiger partial charge in [-0.2, -0.15) is 5.26 Å². The second kappa shape index (κ2) is 6.36. The summed E-state index contributed by atoms with van der Waals surface area (Å²) in [7, 11) is 0. The highest BCUT2D eigenvalue weighted by Crippen LogP contribution is 2.31. The fourth-order valence-electron chi connectivity index (χ4n) is 2.60. The van der Waals surface area contributed by atoms with Crippen molar-refractivity contribution >= 4 is 11.8 Å². The molecule has 0 saturated heterocycles. The van der Waals surface area contributed by atoms with Gasteiger partial charge in [0.05, 0.1) is 25.1 Å². The van der Waals surface area contributed by atoms with Crippen LogP contribution in [0.25, 0.3) is 0 Å². The van der Waals surface area contributed by atoms with Crippen molar-refractivity contribution in [2.45, 2.75) is 32.2 Å². The van der Waals surface area contributed by atoms with E-state index < -0.39 is 11.8 Å². The topological polar surface area (TPSA) is 113 Å². The number of nitrogens with zero attached hydrogens (tertiary/aromatic N) is 2. The molecule has 0 aromatic heterocycles. The highest BCUT2D eigenvalue weighted by atomic mass is 16.2. The van der Waals surface area contributed by atoms with E-state index in [0.717, 1.165) is 19.3 Å². The quantitative estimate of drug-likeness (QED) is 0.692. The largest absolute Gasteiger partial charge is 0.369 e. The van der Waals surface area contributed by atoms with Gasteiger partial charge in [-0.1, -0.05) is 6.92 Å². The van der Waals surface area contributed by atoms with Crippen LogP contribution in [0.5, 0.6) is 0 Å². The number of nitrogens with two attached hydrogens (primary N) is 2. The first-order valence-corrected chi connectivity index (χ1v) is 6.14. The van der Waals surface area contributed by atoms with Crippen molar-refractivity contribution in [3.05, 3.63) is 0 Å². The van der Waals surface area contributed by atoms with Crippen LogP contribution in [0.4, 0.5) is 0 Å². The van der Waals surface area contributed by atoms with Crippen molar-refractivity contribution in [3.8, 4) is 6.07 Å². The lowest BCUT2D eigenvalue weighted by Crippen LogP contribution is -2.50. The molecule has 1 rings (SSSR count). The maximum Gasteiger partial charge on any atom is 0.231 e. The molecule has 1 aliphatic rings. The first-order valence-electron chi connectivity index (χ1n) is 6.14. The first-order chi connectivity index (χ1) is 8.43. The molecule has 0 aromatic carbocycles. The molecule has 1 aliphatic carbocycles. The van der Waals surface area contributed by atoms with Gasteiger partial charge in [-0.3, -0.25) is 14.5 Å². The second-order valence-electron chi connectivity index (χ2n) is 5.06. The molecule has 4 N–H and O–H groups in total. The van der Waals surface area contributed by atoms with Crippen molar-refractivity contribution in [2.75, 3.05) is 13.1 Å². The third-order valence-corrected chi connectivity index (χ3v) is 3.43. The van der Waals surface area contributed by atoms with Crippen LogP contribution in [0.2, 0.25) is 0 Å². The zero-order valence-electron chi connectivity index (χ0n) is 10.6. The average Bonchev–Trinajstić information content (AvgIpc) is 2.26. The third-order valence-electron chi connectivity index (χ3n) is 3.43. The Balaban J connectivity index is 2.82. The summed E-state index contributed by atoms with van der Waals surface area (Å²) < 4.78 is 0. The molecular formula is C12H20N4O2. The Morgan fingerprint density at radius 1 is 1.28 bits per heavy atom. The van der Waals surface area contributed by atoms with Gasteiger partial charge in [0, 0.05) is 6.04 Å². The molecule has 6 nitrogen and oxygen atoms in total. The minimum Gasteiger partial charge on any atom is -0.369 e. The van der Waals surface area contributed by atoms with Crippen LogP contribution < -0.4 is 11.5 Å². The minimum absolute atomic E-state index is 0.0293. The highest BCUT2D eigenvalue weighted by Gasteiger charge is 2.34. The van der Waals surface area contributed by atoms with Crippen LogP contribution in [0.3, 0.4) is 0 Å². The summed E-state index contributed by atoms with van der Waals surface area (Å²) in [6.45, 7) is 2.05. The fourth-order valence-corrected chi connectivity index (χ4v) is 2.60. The maximum absolute atomic E-state index is 11.1. The van der Waals surface area contributed by atoms with Crippen LogP contribution in [0.1, 0.15) is 26.2 Å². The summed E-state index contributed by atoms with van der Waals surface area (Å²) in [5, 5.41) is 9.16. The zero-order valence-corrected chi connectivity index (χ0v) is 10.6. The van der Waals surface area contributed by atoms with E-state index in [0.29, 0.717) is 5.92 Å². The smallest absolute Gasteiger partial charge is 0.231 e. The van der Waals surface area contributed by atoms with E-state index in [9.17, 15) is 9.59 Å². The Hall–Kier alpha value is -1.61. The molecule has 0 bridgehead atoms. The number of rotatable bonds is 5. The van der Waals surface area contributed by atoms with E-state index in [1.54, 1.807) is 4.90 Å². The number of amides is 2. The van der Waals surface area contributed by atoms with E-state index in [-0.39, 0.29) is 25.0 Å². The third kappa shape index (κ3) is 4.00. The van der Waals surface area contributed by atoms with Crippen LogP contribution >= 0.6 is 0 Å². The van der Waals surface area contributed by atoms with Crippen molar-refractivity contribution in [3.63, 3.8) is 0 Å². The van der Waals surface area contributed by atoms with E-state index in [1.165, 1.54) is 0 Å². The monoisotopic (exact) mass is 252 g/mol. The van der Waals surface area contributed by atoms with Gasteiger partial charge in [-0.25, -0.2) is 0 Å². The first kappa shape index (κ1) is 14.5. The Morgan fingerprint density at radius 3 is 2.28 bits per heavy atom. The summed E-state index contributed by atoms with van der Waals surface area (Å²) in [5.74, 6) is -0.708. The van der Waals surface area contributed by atoms with E-state index in [4.69, 9.17) is 16.7 Å². The average molecular weight is 252 g/mol. The summed E-state index contributed by atoms with van der Waals surface area (Å²) in [4.78, 5) is 23.8. The predicted molar refractivity (Wildman–Crippen MR) is 65.9 cm³/mol. The molecular weight excluding hydrogens is 232 g/mol. The molecule has 3 unspecified atom stereocenters. The molecule has 18 heavy (non-hydrogen) atoms. The summed E-state index contributed by atoms with van der Waals surface area (Å²) in [5.41, 5.74) is 10.4. The minimum atomic E-state index is -0.508. The van der Waals surface area contributed by atoms with Gasteiger partial charge < -0.3 is 11.5 Å². The lowest BCUT2D eigenvalue weighted by atomic mass is 9.79. The Bertz CT molecular complexity index is 348. The zero-order chi connectivity index (χ0) is 13.7. The molecule has 100 valence electrons. The van der Waals surface area contributed by atoms with Crippen LogP contribution in [0.15, 0.2) is 0 Å². The molecule has 0 radical (unpaired) electrons. The second-order valence-corrected chi connectivity index (χ2v) is 5.06. The normalized spacial score (nSPS) is 27.7. The predicted octanol–water partition coefficient (Wildman–Crippen LogP) is -0.413. The molecule has 0 aromatic rings. The SMILES string of the molecule is CC1CCC(C#N)C(N(CC(N)=O)CC(N)=O)C1. The summed E-state index contributed by atoms with van der Waals surface area (Å²) >= 11 is 0. The number of hydrogen-bond acceptors (Lipinski definition) is 4. The lowest BCUT2D eigenvalue weighted by molar-refractivity contribution is -0.123. The maximum atomic E-state index is 11.1. The molecule has 0 spiro atoms. The van der Waals surface area contributed by atoms with Gasteiger partial charge in [-0.15, -0.1) is 0 Å². The van der Waals surface area contributed by atoms with Crippen LogP contribution in [-0.4, -0.2) is 35.8 Å². The molecule has 1 fully saturated rings. The van der Waals surface area contributed by atoms with Gasteiger partial charge in [0.2, 0.25) is 11.8 Å². The Labute approximate surface area is 107 Å². The number of carbonyl (C=O) groups is 2. The Kier molecular flexibility index (Phi) is 5.10. The number of primary amides is 2. The van der Waals surface area contributed by atoms with Crippen molar-refractivity contribution in [1.29, 1.82) is 5.26 Å². The highest BCUT2D eigenvalue weighted by molar-refractivity contribution is 5.79. The number of nitriles is 1. The number of hydrogen-bond donors (Lipinski definition) is 2.